The summed E-state index contributed by atoms with van der Waals surface area (Å²) in [5.74, 6) is -1.17. The third kappa shape index (κ3) is 4.20. The Bertz CT molecular complexity index is 419. The molecule has 2 nitrogen and oxygen atoms in total. The van der Waals surface area contributed by atoms with Crippen molar-refractivity contribution in [3.05, 3.63) is 30.3 Å². The Labute approximate surface area is 116 Å². The topological polar surface area (TPSA) is 29.1 Å². The Kier molecular flexibility index (Phi) is 4.80. The molecular weight excluding hydrogens is 268 g/mol. The molecule has 104 valence electrons. The van der Waals surface area contributed by atoms with Gasteiger partial charge in [-0.1, -0.05) is 37.5 Å². The molecule has 0 radical (unpaired) electrons. The van der Waals surface area contributed by atoms with E-state index in [-0.39, 0.29) is 6.04 Å². The number of hydrogen-bond acceptors (Lipinski definition) is 2. The zero-order valence-corrected chi connectivity index (χ0v) is 11.4. The minimum atomic E-state index is -3.42. The SMILES string of the molecule is O=C(NC1CCCCC1)C(F)(F)Sc1ccccc1. The van der Waals surface area contributed by atoms with Gasteiger partial charge in [0.25, 0.3) is 0 Å². The summed E-state index contributed by atoms with van der Waals surface area (Å²) in [6.07, 6.45) is 4.74. The van der Waals surface area contributed by atoms with Crippen LogP contribution in [-0.2, 0) is 4.79 Å². The quantitative estimate of drug-likeness (QED) is 0.852. The van der Waals surface area contributed by atoms with E-state index in [0.29, 0.717) is 16.7 Å². The summed E-state index contributed by atoms with van der Waals surface area (Å²) in [5.41, 5.74) is 0. The van der Waals surface area contributed by atoms with Crippen LogP contribution in [-0.4, -0.2) is 17.2 Å². The third-order valence-electron chi connectivity index (χ3n) is 3.19. The monoisotopic (exact) mass is 285 g/mol. The van der Waals surface area contributed by atoms with E-state index in [4.69, 9.17) is 0 Å². The van der Waals surface area contributed by atoms with Crippen LogP contribution in [0.3, 0.4) is 0 Å². The van der Waals surface area contributed by atoms with Crippen LogP contribution in [0, 0.1) is 0 Å². The first-order valence-electron chi connectivity index (χ1n) is 6.51. The van der Waals surface area contributed by atoms with Crippen LogP contribution >= 0.6 is 11.8 Å². The van der Waals surface area contributed by atoms with Gasteiger partial charge in [0.2, 0.25) is 0 Å². The van der Waals surface area contributed by atoms with Gasteiger partial charge in [-0.15, -0.1) is 0 Å². The van der Waals surface area contributed by atoms with E-state index in [1.807, 2.05) is 0 Å². The number of nitrogens with one attached hydrogen (secondary N) is 1. The Balaban J connectivity index is 1.92. The van der Waals surface area contributed by atoms with Gasteiger partial charge in [0, 0.05) is 10.9 Å². The molecule has 5 heteroatoms. The highest BCUT2D eigenvalue weighted by Crippen LogP contribution is 2.36. The highest BCUT2D eigenvalue weighted by Gasteiger charge is 2.41. The highest BCUT2D eigenvalue weighted by molar-refractivity contribution is 8.01. The summed E-state index contributed by atoms with van der Waals surface area (Å²) >= 11 is 0.297. The van der Waals surface area contributed by atoms with E-state index in [1.165, 1.54) is 0 Å². The summed E-state index contributed by atoms with van der Waals surface area (Å²) in [5, 5.41) is -0.948. The lowest BCUT2D eigenvalue weighted by atomic mass is 9.95. The molecule has 1 aliphatic carbocycles. The molecule has 1 amide bonds. The van der Waals surface area contributed by atoms with Crippen LogP contribution < -0.4 is 5.32 Å². The molecule has 1 fully saturated rings. The van der Waals surface area contributed by atoms with Crippen LogP contribution in [0.4, 0.5) is 8.78 Å². The van der Waals surface area contributed by atoms with Gasteiger partial charge in [-0.05, 0) is 36.7 Å². The Hall–Kier alpha value is -1.10. The summed E-state index contributed by atoms with van der Waals surface area (Å²) < 4.78 is 27.6. The largest absolute Gasteiger partial charge is 0.374 e. The second kappa shape index (κ2) is 6.37. The van der Waals surface area contributed by atoms with Crippen LogP contribution in [0.2, 0.25) is 0 Å². The number of amides is 1. The number of alkyl halides is 2. The van der Waals surface area contributed by atoms with Gasteiger partial charge in [-0.2, -0.15) is 8.78 Å². The molecule has 1 aromatic rings. The van der Waals surface area contributed by atoms with E-state index < -0.39 is 11.2 Å². The number of rotatable bonds is 4. The van der Waals surface area contributed by atoms with Gasteiger partial charge in [-0.25, -0.2) is 0 Å². The van der Waals surface area contributed by atoms with E-state index in [9.17, 15) is 13.6 Å². The van der Waals surface area contributed by atoms with Crippen molar-refractivity contribution < 1.29 is 13.6 Å². The molecule has 0 heterocycles. The minimum absolute atomic E-state index is 0.0940. The first-order chi connectivity index (χ1) is 9.08. The fraction of sp³-hybridized carbons (Fsp3) is 0.500. The first kappa shape index (κ1) is 14.3. The number of hydrogen-bond donors (Lipinski definition) is 1. The summed E-state index contributed by atoms with van der Waals surface area (Å²) in [4.78, 5) is 12.1. The third-order valence-corrected chi connectivity index (χ3v) is 4.14. The predicted molar refractivity (Wildman–Crippen MR) is 72.3 cm³/mol. The second-order valence-electron chi connectivity index (χ2n) is 4.74. The van der Waals surface area contributed by atoms with E-state index in [2.05, 4.69) is 5.32 Å². The van der Waals surface area contributed by atoms with Crippen molar-refractivity contribution in [2.45, 2.75) is 48.3 Å². The zero-order valence-electron chi connectivity index (χ0n) is 10.6. The van der Waals surface area contributed by atoms with E-state index in [1.54, 1.807) is 30.3 Å². The molecule has 1 aliphatic rings. The number of halogens is 2. The standard InChI is InChI=1S/C14H17F2NOS/c15-14(16,19-12-9-5-2-6-10-12)13(18)17-11-7-3-1-4-8-11/h2,5-6,9-11H,1,3-4,7-8H2,(H,17,18). The molecule has 1 N–H and O–H groups in total. The smallest absolute Gasteiger partial charge is 0.347 e. The number of carbonyl (C=O) groups excluding carboxylic acids is 1. The van der Waals surface area contributed by atoms with Crippen molar-refractivity contribution in [1.29, 1.82) is 0 Å². The van der Waals surface area contributed by atoms with Crippen LogP contribution in [0.15, 0.2) is 35.2 Å². The average molecular weight is 285 g/mol. The van der Waals surface area contributed by atoms with Crippen molar-refractivity contribution in [2.24, 2.45) is 0 Å². The fourth-order valence-electron chi connectivity index (χ4n) is 2.20. The van der Waals surface area contributed by atoms with Crippen LogP contribution in [0.1, 0.15) is 32.1 Å². The minimum Gasteiger partial charge on any atom is -0.347 e. The molecule has 0 bridgehead atoms. The molecule has 0 saturated heterocycles. The Morgan fingerprint density at radius 2 is 1.79 bits per heavy atom. The normalized spacial score (nSPS) is 17.2. The lowest BCUT2D eigenvalue weighted by Crippen LogP contribution is -2.44. The molecule has 2 rings (SSSR count). The molecule has 0 atom stereocenters. The molecular formula is C14H17F2NOS. The summed E-state index contributed by atoms with van der Waals surface area (Å²) in [6.45, 7) is 0. The van der Waals surface area contributed by atoms with Gasteiger partial charge in [0.1, 0.15) is 0 Å². The van der Waals surface area contributed by atoms with Crippen molar-refractivity contribution in [1.82, 2.24) is 5.32 Å². The Morgan fingerprint density at radius 3 is 2.42 bits per heavy atom. The second-order valence-corrected chi connectivity index (χ2v) is 5.93. The highest BCUT2D eigenvalue weighted by atomic mass is 32.2. The van der Waals surface area contributed by atoms with Crippen molar-refractivity contribution in [2.75, 3.05) is 0 Å². The lowest BCUT2D eigenvalue weighted by molar-refractivity contribution is -0.135. The van der Waals surface area contributed by atoms with Crippen LogP contribution in [0.5, 0.6) is 0 Å². The van der Waals surface area contributed by atoms with Crippen molar-refractivity contribution in [3.63, 3.8) is 0 Å². The molecule has 1 aromatic carbocycles. The molecule has 1 saturated carbocycles. The van der Waals surface area contributed by atoms with E-state index in [0.717, 1.165) is 32.1 Å². The predicted octanol–water partition coefficient (Wildman–Crippen LogP) is 3.82. The zero-order chi connectivity index (χ0) is 13.7. The number of carbonyl (C=O) groups is 1. The molecule has 0 spiro atoms. The molecule has 0 aromatic heterocycles. The molecule has 0 aliphatic heterocycles. The van der Waals surface area contributed by atoms with Crippen molar-refractivity contribution >= 4 is 17.7 Å². The maximum atomic E-state index is 13.8. The van der Waals surface area contributed by atoms with Gasteiger partial charge in [0.15, 0.2) is 0 Å². The maximum Gasteiger partial charge on any atom is 0.374 e. The number of benzene rings is 1. The van der Waals surface area contributed by atoms with Gasteiger partial charge in [-0.3, -0.25) is 4.79 Å². The average Bonchev–Trinajstić information content (AvgIpc) is 2.40. The summed E-state index contributed by atoms with van der Waals surface area (Å²) in [7, 11) is 0. The summed E-state index contributed by atoms with van der Waals surface area (Å²) in [6, 6.07) is 8.17. The molecule has 0 unspecified atom stereocenters. The van der Waals surface area contributed by atoms with Gasteiger partial charge < -0.3 is 5.32 Å². The maximum absolute atomic E-state index is 13.8. The van der Waals surface area contributed by atoms with Gasteiger partial charge in [0.05, 0.1) is 0 Å². The van der Waals surface area contributed by atoms with Crippen molar-refractivity contribution in [3.8, 4) is 0 Å². The fourth-order valence-corrected chi connectivity index (χ4v) is 2.94. The van der Waals surface area contributed by atoms with Crippen LogP contribution in [0.25, 0.3) is 0 Å². The first-order valence-corrected chi connectivity index (χ1v) is 7.32. The molecule has 19 heavy (non-hydrogen) atoms. The van der Waals surface area contributed by atoms with Gasteiger partial charge >= 0.3 is 11.2 Å². The Morgan fingerprint density at radius 1 is 1.16 bits per heavy atom. The number of thioether (sulfide) groups is 1. The lowest BCUT2D eigenvalue weighted by Gasteiger charge is -2.25. The van der Waals surface area contributed by atoms with E-state index >= 15 is 0 Å².